The van der Waals surface area contributed by atoms with Gasteiger partial charge >= 0.3 is 0 Å². The van der Waals surface area contributed by atoms with Gasteiger partial charge in [0.2, 0.25) is 5.88 Å². The third-order valence-electron chi connectivity index (χ3n) is 5.95. The average Bonchev–Trinajstić information content (AvgIpc) is 2.92. The number of nitrogens with zero attached hydrogens (tertiary/aromatic N) is 4. The van der Waals surface area contributed by atoms with Crippen LogP contribution >= 0.6 is 0 Å². The van der Waals surface area contributed by atoms with Crippen LogP contribution in [-0.2, 0) is 16.4 Å². The van der Waals surface area contributed by atoms with Gasteiger partial charge in [0.15, 0.2) is 0 Å². The van der Waals surface area contributed by atoms with Crippen molar-refractivity contribution in [2.45, 2.75) is 18.2 Å². The number of benzene rings is 2. The Bertz CT molecular complexity index is 1710. The van der Waals surface area contributed by atoms with Crippen molar-refractivity contribution in [1.82, 2.24) is 20.2 Å². The molecule has 0 spiro atoms. The van der Waals surface area contributed by atoms with Crippen molar-refractivity contribution in [3.05, 3.63) is 90.8 Å². The Morgan fingerprint density at radius 2 is 1.76 bits per heavy atom. The first-order chi connectivity index (χ1) is 17.9. The van der Waals surface area contributed by atoms with Gasteiger partial charge in [0.25, 0.3) is 10.0 Å². The van der Waals surface area contributed by atoms with Crippen LogP contribution in [0.5, 0.6) is 5.88 Å². The van der Waals surface area contributed by atoms with Crippen LogP contribution in [0, 0.1) is 5.82 Å². The number of nitrogens with one attached hydrogen (secondary N) is 1. The van der Waals surface area contributed by atoms with Crippen LogP contribution in [-0.4, -0.2) is 35.7 Å². The van der Waals surface area contributed by atoms with Gasteiger partial charge in [-0.15, -0.1) is 0 Å². The van der Waals surface area contributed by atoms with Crippen molar-refractivity contribution in [3.63, 3.8) is 0 Å². The summed E-state index contributed by atoms with van der Waals surface area (Å²) in [5, 5.41) is 8.69. The molecule has 2 aromatic carbocycles. The highest BCUT2D eigenvalue weighted by Crippen LogP contribution is 2.34. The second-order valence-electron chi connectivity index (χ2n) is 8.23. The summed E-state index contributed by atoms with van der Waals surface area (Å²) >= 11 is 0. The molecule has 0 amide bonds. The molecule has 0 atom stereocenters. The molecule has 186 valence electrons. The minimum atomic E-state index is -4.25. The van der Waals surface area contributed by atoms with Crippen LogP contribution in [0.1, 0.15) is 12.5 Å². The van der Waals surface area contributed by atoms with E-state index in [0.29, 0.717) is 17.5 Å². The lowest BCUT2D eigenvalue weighted by Gasteiger charge is -2.14. The van der Waals surface area contributed by atoms with Crippen molar-refractivity contribution in [2.75, 3.05) is 11.8 Å². The summed E-state index contributed by atoms with van der Waals surface area (Å²) in [7, 11) is -2.86. The molecule has 5 rings (SSSR count). The molecule has 0 saturated carbocycles. The number of aromatic nitrogens is 4. The fourth-order valence-electron chi connectivity index (χ4n) is 4.06. The number of hydrogen-bond donors (Lipinski definition) is 1. The van der Waals surface area contributed by atoms with Gasteiger partial charge in [-0.2, -0.15) is 10.2 Å². The van der Waals surface area contributed by atoms with Crippen LogP contribution in [0.2, 0.25) is 0 Å². The van der Waals surface area contributed by atoms with E-state index >= 15 is 0 Å². The summed E-state index contributed by atoms with van der Waals surface area (Å²) in [6.07, 6.45) is 7.20. The zero-order valence-corrected chi connectivity index (χ0v) is 20.8. The quantitative estimate of drug-likeness (QED) is 0.315. The van der Waals surface area contributed by atoms with E-state index < -0.39 is 20.7 Å². The highest BCUT2D eigenvalue weighted by Gasteiger charge is 2.22. The van der Waals surface area contributed by atoms with E-state index in [9.17, 15) is 12.8 Å². The molecule has 8 nitrogen and oxygen atoms in total. The lowest BCUT2D eigenvalue weighted by molar-refractivity contribution is 0.400. The Balaban J connectivity index is 1.56. The second kappa shape index (κ2) is 9.90. The maximum Gasteiger partial charge on any atom is 0.264 e. The fourth-order valence-corrected chi connectivity index (χ4v) is 5.16. The number of aryl methyl sites for hydroxylation is 1. The van der Waals surface area contributed by atoms with E-state index in [1.807, 2.05) is 37.3 Å². The third-order valence-corrected chi connectivity index (χ3v) is 7.35. The van der Waals surface area contributed by atoms with E-state index in [0.717, 1.165) is 27.6 Å². The van der Waals surface area contributed by atoms with Gasteiger partial charge in [0.1, 0.15) is 16.4 Å². The first-order valence-electron chi connectivity index (χ1n) is 11.4. The van der Waals surface area contributed by atoms with Crippen LogP contribution in [0.15, 0.2) is 84.3 Å². The molecule has 0 aliphatic heterocycles. The van der Waals surface area contributed by atoms with Gasteiger partial charge in [-0.3, -0.25) is 9.71 Å². The van der Waals surface area contributed by atoms with Crippen molar-refractivity contribution in [3.8, 4) is 28.1 Å². The zero-order valence-electron chi connectivity index (χ0n) is 20.0. The predicted octanol–water partition coefficient (Wildman–Crippen LogP) is 5.26. The van der Waals surface area contributed by atoms with Gasteiger partial charge in [-0.1, -0.05) is 19.1 Å². The number of halogens is 1. The Labute approximate surface area is 213 Å². The van der Waals surface area contributed by atoms with E-state index in [-0.39, 0.29) is 11.6 Å². The monoisotopic (exact) mass is 515 g/mol. The van der Waals surface area contributed by atoms with E-state index in [2.05, 4.69) is 24.9 Å². The molecule has 3 heterocycles. The number of methoxy groups -OCH3 is 1. The highest BCUT2D eigenvalue weighted by atomic mass is 32.2. The standard InChI is InChI=1S/C27H22FN5O3S/c1-3-17-4-7-26(23(28)12-17)37(34,35)33-25-14-20(15-30-27(25)36-2)18-5-6-24-22(13-18)21(9-10-29-24)19-8-11-31-32-16-19/h4-16,33H,3H2,1-2H3. The number of rotatable bonds is 7. The summed E-state index contributed by atoms with van der Waals surface area (Å²) in [5.74, 6) is -0.765. The summed E-state index contributed by atoms with van der Waals surface area (Å²) in [6, 6.07) is 15.1. The molecule has 0 bridgehead atoms. The molecule has 0 fully saturated rings. The first kappa shape index (κ1) is 24.3. The largest absolute Gasteiger partial charge is 0.480 e. The van der Waals surface area contributed by atoms with Crippen LogP contribution in [0.25, 0.3) is 33.2 Å². The maximum absolute atomic E-state index is 14.6. The SMILES string of the molecule is CCc1ccc(S(=O)(=O)Nc2cc(-c3ccc4nccc(-c5ccnnc5)c4c3)cnc2OC)c(F)c1. The number of hydrogen-bond acceptors (Lipinski definition) is 7. The van der Waals surface area contributed by atoms with E-state index in [1.54, 1.807) is 36.9 Å². The molecular weight excluding hydrogens is 493 g/mol. The Kier molecular flexibility index (Phi) is 6.49. The maximum atomic E-state index is 14.6. The van der Waals surface area contributed by atoms with Gasteiger partial charge < -0.3 is 4.74 Å². The van der Waals surface area contributed by atoms with Crippen molar-refractivity contribution in [2.24, 2.45) is 0 Å². The molecule has 0 radical (unpaired) electrons. The predicted molar refractivity (Wildman–Crippen MR) is 139 cm³/mol. The molecular formula is C27H22FN5O3S. The smallest absolute Gasteiger partial charge is 0.264 e. The van der Waals surface area contributed by atoms with Gasteiger partial charge in [-0.25, -0.2) is 17.8 Å². The molecule has 0 aliphatic rings. The van der Waals surface area contributed by atoms with Gasteiger partial charge in [0, 0.05) is 28.9 Å². The fraction of sp³-hybridized carbons (Fsp3) is 0.111. The number of anilines is 1. The normalized spacial score (nSPS) is 11.4. The third kappa shape index (κ3) is 4.83. The molecule has 5 aromatic rings. The first-order valence-corrected chi connectivity index (χ1v) is 12.9. The summed E-state index contributed by atoms with van der Waals surface area (Å²) in [5.41, 5.74) is 4.79. The Hall–Kier alpha value is -4.44. The summed E-state index contributed by atoms with van der Waals surface area (Å²) < 4.78 is 48.4. The molecule has 0 saturated heterocycles. The lowest BCUT2D eigenvalue weighted by atomic mass is 9.99. The molecule has 37 heavy (non-hydrogen) atoms. The van der Waals surface area contributed by atoms with E-state index in [1.165, 1.54) is 19.2 Å². The molecule has 0 unspecified atom stereocenters. The molecule has 3 aromatic heterocycles. The van der Waals surface area contributed by atoms with Crippen LogP contribution in [0.3, 0.4) is 0 Å². The minimum absolute atomic E-state index is 0.0592. The Morgan fingerprint density at radius 3 is 2.49 bits per heavy atom. The lowest BCUT2D eigenvalue weighted by Crippen LogP contribution is -2.16. The zero-order chi connectivity index (χ0) is 26.0. The number of ether oxygens (including phenoxy) is 1. The molecule has 10 heteroatoms. The van der Waals surface area contributed by atoms with Gasteiger partial charge in [0.05, 0.1) is 25.0 Å². The highest BCUT2D eigenvalue weighted by molar-refractivity contribution is 7.92. The number of pyridine rings is 2. The van der Waals surface area contributed by atoms with E-state index in [4.69, 9.17) is 4.74 Å². The van der Waals surface area contributed by atoms with Crippen molar-refractivity contribution in [1.29, 1.82) is 0 Å². The average molecular weight is 516 g/mol. The molecule has 1 N–H and O–H groups in total. The van der Waals surface area contributed by atoms with Crippen molar-refractivity contribution >= 4 is 26.6 Å². The van der Waals surface area contributed by atoms with Crippen LogP contribution in [0.4, 0.5) is 10.1 Å². The minimum Gasteiger partial charge on any atom is -0.480 e. The number of sulfonamides is 1. The van der Waals surface area contributed by atoms with Crippen LogP contribution < -0.4 is 9.46 Å². The summed E-state index contributed by atoms with van der Waals surface area (Å²) in [6.45, 7) is 1.86. The topological polar surface area (TPSA) is 107 Å². The molecule has 0 aliphatic carbocycles. The van der Waals surface area contributed by atoms with Gasteiger partial charge in [-0.05, 0) is 65.6 Å². The number of fused-ring (bicyclic) bond motifs is 1. The second-order valence-corrected chi connectivity index (χ2v) is 9.88. The Morgan fingerprint density at radius 1 is 0.892 bits per heavy atom. The summed E-state index contributed by atoms with van der Waals surface area (Å²) in [4.78, 5) is 8.28. The van der Waals surface area contributed by atoms with Crippen molar-refractivity contribution < 1.29 is 17.5 Å².